The summed E-state index contributed by atoms with van der Waals surface area (Å²) in [6.07, 6.45) is 0. The van der Waals surface area contributed by atoms with Gasteiger partial charge in [0.2, 0.25) is 5.78 Å². The van der Waals surface area contributed by atoms with Crippen LogP contribution in [0.2, 0.25) is 0 Å². The van der Waals surface area contributed by atoms with Crippen LogP contribution in [0.1, 0.15) is 26.4 Å². The predicted molar refractivity (Wildman–Crippen MR) is 108 cm³/mol. The molecule has 0 fully saturated rings. The van der Waals surface area contributed by atoms with Crippen molar-refractivity contribution in [2.45, 2.75) is 20.8 Å². The van der Waals surface area contributed by atoms with Gasteiger partial charge < -0.3 is 9.15 Å². The van der Waals surface area contributed by atoms with E-state index in [2.05, 4.69) is 0 Å². The molecule has 0 aliphatic carbocycles. The third kappa shape index (κ3) is 3.15. The summed E-state index contributed by atoms with van der Waals surface area (Å²) in [6.45, 7) is 5.66. The second-order valence-corrected chi connectivity index (χ2v) is 7.68. The molecular formula is C22H18O4S. The lowest BCUT2D eigenvalue weighted by Crippen LogP contribution is -2.12. The highest BCUT2D eigenvalue weighted by Gasteiger charge is 2.16. The monoisotopic (exact) mass is 378 g/mol. The van der Waals surface area contributed by atoms with Crippen LogP contribution in [0.25, 0.3) is 21.1 Å². The molecule has 2 aromatic carbocycles. The summed E-state index contributed by atoms with van der Waals surface area (Å²) in [6, 6.07) is 13.1. The Hall–Kier alpha value is -2.92. The first kappa shape index (κ1) is 17.5. The van der Waals surface area contributed by atoms with Gasteiger partial charge in [0.05, 0.1) is 4.88 Å². The lowest BCUT2D eigenvalue weighted by Gasteiger charge is -2.10. The Morgan fingerprint density at radius 2 is 1.81 bits per heavy atom. The van der Waals surface area contributed by atoms with Gasteiger partial charge >= 0.3 is 5.63 Å². The molecule has 0 atom stereocenters. The van der Waals surface area contributed by atoms with Crippen LogP contribution in [-0.4, -0.2) is 12.4 Å². The smallest absolute Gasteiger partial charge is 0.336 e. The zero-order valence-electron chi connectivity index (χ0n) is 15.3. The number of carbonyl (C=O) groups excluding carboxylic acids is 1. The Balaban J connectivity index is 1.62. The molecule has 2 heterocycles. The van der Waals surface area contributed by atoms with E-state index in [0.717, 1.165) is 37.0 Å². The molecule has 0 aliphatic heterocycles. The molecule has 4 aromatic rings. The van der Waals surface area contributed by atoms with E-state index in [1.165, 1.54) is 17.4 Å². The molecule has 0 spiro atoms. The van der Waals surface area contributed by atoms with E-state index in [9.17, 15) is 9.59 Å². The molecule has 0 saturated carbocycles. The second kappa shape index (κ2) is 6.67. The van der Waals surface area contributed by atoms with Gasteiger partial charge in [-0.1, -0.05) is 18.2 Å². The number of benzene rings is 2. The van der Waals surface area contributed by atoms with Crippen LogP contribution in [0, 0.1) is 20.8 Å². The molecule has 4 rings (SSSR count). The fourth-order valence-electron chi connectivity index (χ4n) is 3.25. The number of thiophene rings is 1. The van der Waals surface area contributed by atoms with E-state index < -0.39 is 0 Å². The van der Waals surface area contributed by atoms with Crippen molar-refractivity contribution < 1.29 is 13.9 Å². The Morgan fingerprint density at radius 3 is 2.59 bits per heavy atom. The van der Waals surface area contributed by atoms with Gasteiger partial charge in [0.1, 0.15) is 11.3 Å². The van der Waals surface area contributed by atoms with Crippen molar-refractivity contribution in [3.63, 3.8) is 0 Å². The molecule has 0 bridgehead atoms. The molecule has 0 radical (unpaired) electrons. The fourth-order valence-corrected chi connectivity index (χ4v) is 4.38. The van der Waals surface area contributed by atoms with Gasteiger partial charge in [-0.05, 0) is 61.0 Å². The first-order valence-corrected chi connectivity index (χ1v) is 9.45. The zero-order valence-corrected chi connectivity index (χ0v) is 16.1. The molecule has 5 heteroatoms. The van der Waals surface area contributed by atoms with Crippen molar-refractivity contribution in [2.24, 2.45) is 0 Å². The summed E-state index contributed by atoms with van der Waals surface area (Å²) >= 11 is 1.50. The van der Waals surface area contributed by atoms with Gasteiger partial charge in [-0.3, -0.25) is 4.79 Å². The summed E-state index contributed by atoms with van der Waals surface area (Å²) in [5, 5.41) is 1.92. The molecule has 0 N–H and O–H groups in total. The largest absolute Gasteiger partial charge is 0.485 e. The van der Waals surface area contributed by atoms with E-state index >= 15 is 0 Å². The Morgan fingerprint density at radius 1 is 1.04 bits per heavy atom. The van der Waals surface area contributed by atoms with Crippen molar-refractivity contribution in [1.82, 2.24) is 0 Å². The van der Waals surface area contributed by atoms with Crippen molar-refractivity contribution in [1.29, 1.82) is 0 Å². The van der Waals surface area contributed by atoms with Gasteiger partial charge in [-0.2, -0.15) is 0 Å². The molecule has 0 amide bonds. The number of ketones is 1. The quantitative estimate of drug-likeness (QED) is 0.362. The molecular weight excluding hydrogens is 360 g/mol. The molecule has 136 valence electrons. The second-order valence-electron chi connectivity index (χ2n) is 6.63. The van der Waals surface area contributed by atoms with Crippen LogP contribution < -0.4 is 10.4 Å². The number of carbonyl (C=O) groups is 1. The number of hydrogen-bond donors (Lipinski definition) is 0. The minimum absolute atomic E-state index is 0.0319. The molecule has 0 saturated heterocycles. The summed E-state index contributed by atoms with van der Waals surface area (Å²) < 4.78 is 12.2. The molecule has 4 nitrogen and oxygen atoms in total. The summed E-state index contributed by atoms with van der Waals surface area (Å²) in [4.78, 5) is 25.0. The van der Waals surface area contributed by atoms with Gasteiger partial charge in [-0.15, -0.1) is 11.3 Å². The topological polar surface area (TPSA) is 56.5 Å². The maximum atomic E-state index is 12.7. The number of ether oxygens (including phenoxy) is 1. The standard InChI is InChI=1S/C22H18O4S/c1-12-9-21(24)26-19-8-13(2)18(10-16(12)19)25-11-17(23)22-14(3)15-6-4-5-7-20(15)27-22/h4-10H,11H2,1-3H3. The Bertz CT molecular complexity index is 1250. The molecule has 2 aromatic heterocycles. The summed E-state index contributed by atoms with van der Waals surface area (Å²) in [5.41, 5.74) is 2.78. The minimum atomic E-state index is -0.372. The third-order valence-electron chi connectivity index (χ3n) is 4.70. The van der Waals surface area contributed by atoms with Gasteiger partial charge in [0.25, 0.3) is 0 Å². The molecule has 0 unspecified atom stereocenters. The van der Waals surface area contributed by atoms with Gasteiger partial charge in [0.15, 0.2) is 6.61 Å². The van der Waals surface area contributed by atoms with Crippen LogP contribution in [-0.2, 0) is 0 Å². The first-order valence-electron chi connectivity index (χ1n) is 8.63. The van der Waals surface area contributed by atoms with E-state index in [-0.39, 0.29) is 18.0 Å². The van der Waals surface area contributed by atoms with Crippen LogP contribution >= 0.6 is 11.3 Å². The maximum Gasteiger partial charge on any atom is 0.336 e. The first-order chi connectivity index (χ1) is 12.9. The number of aryl methyl sites for hydroxylation is 3. The number of rotatable bonds is 4. The van der Waals surface area contributed by atoms with Gasteiger partial charge in [-0.25, -0.2) is 4.79 Å². The van der Waals surface area contributed by atoms with Crippen LogP contribution in [0.15, 0.2) is 51.7 Å². The zero-order chi connectivity index (χ0) is 19.1. The van der Waals surface area contributed by atoms with Crippen LogP contribution in [0.5, 0.6) is 5.75 Å². The Labute approximate surface area is 160 Å². The molecule has 27 heavy (non-hydrogen) atoms. The van der Waals surface area contributed by atoms with Crippen molar-refractivity contribution >= 4 is 38.2 Å². The van der Waals surface area contributed by atoms with Crippen molar-refractivity contribution in [2.75, 3.05) is 6.61 Å². The maximum absolute atomic E-state index is 12.7. The predicted octanol–water partition coefficient (Wildman–Crippen LogP) is 5.19. The minimum Gasteiger partial charge on any atom is -0.485 e. The number of fused-ring (bicyclic) bond motifs is 2. The third-order valence-corrected chi connectivity index (χ3v) is 6.02. The Kier molecular flexibility index (Phi) is 4.32. The van der Waals surface area contributed by atoms with Crippen LogP contribution in [0.3, 0.4) is 0 Å². The lowest BCUT2D eigenvalue weighted by molar-refractivity contribution is 0.0925. The fraction of sp³-hybridized carbons (Fsp3) is 0.182. The summed E-state index contributed by atoms with van der Waals surface area (Å²) in [5.74, 6) is 0.580. The SMILES string of the molecule is Cc1cc2oc(=O)cc(C)c2cc1OCC(=O)c1sc2ccccc2c1C. The average Bonchev–Trinajstić information content (AvgIpc) is 2.97. The van der Waals surface area contributed by atoms with E-state index in [4.69, 9.17) is 9.15 Å². The van der Waals surface area contributed by atoms with Gasteiger partial charge in [0, 0.05) is 16.2 Å². The highest BCUT2D eigenvalue weighted by molar-refractivity contribution is 7.21. The van der Waals surface area contributed by atoms with E-state index in [1.807, 2.05) is 51.1 Å². The van der Waals surface area contributed by atoms with Crippen molar-refractivity contribution in [3.05, 3.63) is 74.5 Å². The van der Waals surface area contributed by atoms with Crippen LogP contribution in [0.4, 0.5) is 0 Å². The number of hydrogen-bond acceptors (Lipinski definition) is 5. The van der Waals surface area contributed by atoms with E-state index in [1.54, 1.807) is 6.07 Å². The highest BCUT2D eigenvalue weighted by atomic mass is 32.1. The van der Waals surface area contributed by atoms with Crippen molar-refractivity contribution in [3.8, 4) is 5.75 Å². The normalized spacial score (nSPS) is 11.2. The average molecular weight is 378 g/mol. The lowest BCUT2D eigenvalue weighted by atomic mass is 10.1. The summed E-state index contributed by atoms with van der Waals surface area (Å²) in [7, 11) is 0. The number of Topliss-reactive ketones (excluding diaryl/α,β-unsaturated/α-hetero) is 1. The van der Waals surface area contributed by atoms with E-state index in [0.29, 0.717) is 11.3 Å². The highest BCUT2D eigenvalue weighted by Crippen LogP contribution is 2.31. The molecule has 0 aliphatic rings.